The van der Waals surface area contributed by atoms with E-state index >= 15 is 0 Å². The number of nitrogens with zero attached hydrogens (tertiary/aromatic N) is 2. The molecular weight excluding hydrogens is 527 g/mol. The lowest BCUT2D eigenvalue weighted by Crippen LogP contribution is -2.17. The van der Waals surface area contributed by atoms with Crippen LogP contribution in [-0.4, -0.2) is 24.2 Å². The van der Waals surface area contributed by atoms with E-state index in [4.69, 9.17) is 38.4 Å². The Morgan fingerprint density at radius 3 is 2.77 bits per heavy atom. The molecule has 0 atom stereocenters. The molecule has 31 heavy (non-hydrogen) atoms. The molecule has 0 bridgehead atoms. The molecule has 0 radical (unpaired) electrons. The molecular formula is C20H17BrCl2N4O3S. The van der Waals surface area contributed by atoms with Crippen LogP contribution in [0.3, 0.4) is 0 Å². The lowest BCUT2D eigenvalue weighted by Gasteiger charge is -2.14. The number of ether oxygens (including phenoxy) is 2. The van der Waals surface area contributed by atoms with E-state index in [0.717, 1.165) is 16.9 Å². The van der Waals surface area contributed by atoms with E-state index in [9.17, 15) is 4.79 Å². The number of hydrogen-bond donors (Lipinski definition) is 2. The summed E-state index contributed by atoms with van der Waals surface area (Å²) in [6.07, 6.45) is 1.49. The van der Waals surface area contributed by atoms with Gasteiger partial charge < -0.3 is 15.2 Å². The number of amides is 1. The molecule has 3 rings (SSSR count). The number of carbonyl (C=O) groups is 1. The van der Waals surface area contributed by atoms with Crippen molar-refractivity contribution < 1.29 is 14.3 Å². The smallest absolute Gasteiger partial charge is 0.283 e. The summed E-state index contributed by atoms with van der Waals surface area (Å²) in [5.74, 6) is 0.609. The van der Waals surface area contributed by atoms with Gasteiger partial charge in [-0.1, -0.05) is 40.6 Å². The minimum atomic E-state index is -0.381. The largest absolute Gasteiger partial charge is 0.493 e. The highest BCUT2D eigenvalue weighted by Crippen LogP contribution is 2.37. The van der Waals surface area contributed by atoms with E-state index in [1.54, 1.807) is 37.3 Å². The Morgan fingerprint density at radius 2 is 2.13 bits per heavy atom. The molecule has 0 aliphatic heterocycles. The van der Waals surface area contributed by atoms with Crippen molar-refractivity contribution in [1.29, 1.82) is 0 Å². The van der Waals surface area contributed by atoms with Crippen LogP contribution >= 0.6 is 50.5 Å². The fourth-order valence-electron chi connectivity index (χ4n) is 2.59. The molecule has 2 aromatic carbocycles. The Balaban J connectivity index is 1.71. The first kappa shape index (κ1) is 23.3. The van der Waals surface area contributed by atoms with Crippen molar-refractivity contribution in [2.45, 2.75) is 13.5 Å². The first-order valence-electron chi connectivity index (χ1n) is 8.79. The topological polar surface area (TPSA) is 98.8 Å². The van der Waals surface area contributed by atoms with Crippen molar-refractivity contribution in [2.24, 2.45) is 5.10 Å². The third-order valence-electron chi connectivity index (χ3n) is 4.04. The maximum absolute atomic E-state index is 12.2. The number of benzene rings is 2. The van der Waals surface area contributed by atoms with Gasteiger partial charge in [-0.15, -0.1) is 0 Å². The van der Waals surface area contributed by atoms with Gasteiger partial charge in [0, 0.05) is 15.6 Å². The van der Waals surface area contributed by atoms with Gasteiger partial charge in [-0.25, -0.2) is 10.4 Å². The number of thiazole rings is 1. The summed E-state index contributed by atoms with van der Waals surface area (Å²) in [6, 6.07) is 8.72. The lowest BCUT2D eigenvalue weighted by atomic mass is 10.2. The van der Waals surface area contributed by atoms with E-state index in [2.05, 4.69) is 31.4 Å². The molecule has 3 aromatic rings. The van der Waals surface area contributed by atoms with Crippen molar-refractivity contribution in [3.8, 4) is 11.5 Å². The van der Waals surface area contributed by atoms with Crippen LogP contribution in [0.25, 0.3) is 0 Å². The van der Waals surface area contributed by atoms with Crippen molar-refractivity contribution in [1.82, 2.24) is 10.4 Å². The monoisotopic (exact) mass is 542 g/mol. The number of hydrogen-bond acceptors (Lipinski definition) is 7. The zero-order valence-electron chi connectivity index (χ0n) is 16.4. The van der Waals surface area contributed by atoms with Gasteiger partial charge in [-0.05, 0) is 52.7 Å². The SMILES string of the molecule is COc1cc(/C=N\NC(=O)c2sc(N)nc2C)cc(Br)c1OCc1ccc(Cl)cc1Cl. The zero-order chi connectivity index (χ0) is 22.5. The highest BCUT2D eigenvalue weighted by molar-refractivity contribution is 9.10. The predicted molar refractivity (Wildman–Crippen MR) is 128 cm³/mol. The summed E-state index contributed by atoms with van der Waals surface area (Å²) in [6.45, 7) is 1.94. The number of hydrazone groups is 1. The average Bonchev–Trinajstić information content (AvgIpc) is 3.06. The molecule has 0 fully saturated rings. The van der Waals surface area contributed by atoms with Crippen molar-refractivity contribution in [3.05, 3.63) is 66.5 Å². The second kappa shape index (κ2) is 10.3. The Labute approximate surface area is 201 Å². The molecule has 0 aliphatic carbocycles. The molecule has 0 aliphatic rings. The molecule has 7 nitrogen and oxygen atoms in total. The maximum Gasteiger partial charge on any atom is 0.283 e. The number of aryl methyl sites for hydroxylation is 1. The van der Waals surface area contributed by atoms with Crippen molar-refractivity contribution in [2.75, 3.05) is 12.8 Å². The highest BCUT2D eigenvalue weighted by Gasteiger charge is 2.14. The minimum absolute atomic E-state index is 0.228. The Kier molecular flexibility index (Phi) is 7.77. The number of carbonyl (C=O) groups excluding carboxylic acids is 1. The summed E-state index contributed by atoms with van der Waals surface area (Å²) in [7, 11) is 1.53. The molecule has 0 spiro atoms. The van der Waals surface area contributed by atoms with Crippen LogP contribution < -0.4 is 20.6 Å². The van der Waals surface area contributed by atoms with Crippen LogP contribution in [0.2, 0.25) is 10.0 Å². The van der Waals surface area contributed by atoms with Crippen molar-refractivity contribution >= 4 is 67.7 Å². The molecule has 1 heterocycles. The molecule has 1 amide bonds. The number of nitrogens with one attached hydrogen (secondary N) is 1. The molecule has 11 heteroatoms. The fourth-order valence-corrected chi connectivity index (χ4v) is 4.35. The molecule has 0 unspecified atom stereocenters. The summed E-state index contributed by atoms with van der Waals surface area (Å²) >= 11 is 16.7. The van der Waals surface area contributed by atoms with Crippen LogP contribution in [-0.2, 0) is 6.61 Å². The van der Waals surface area contributed by atoms with Gasteiger partial charge in [-0.2, -0.15) is 5.10 Å². The van der Waals surface area contributed by atoms with Crippen LogP contribution in [0.1, 0.15) is 26.5 Å². The van der Waals surface area contributed by atoms with E-state index in [1.807, 2.05) is 0 Å². The fraction of sp³-hybridized carbons (Fsp3) is 0.150. The van der Waals surface area contributed by atoms with Crippen LogP contribution in [0.4, 0.5) is 5.13 Å². The number of nitrogen functional groups attached to an aromatic ring is 1. The summed E-state index contributed by atoms with van der Waals surface area (Å²) in [4.78, 5) is 16.6. The van der Waals surface area contributed by atoms with E-state index in [-0.39, 0.29) is 12.5 Å². The van der Waals surface area contributed by atoms with Gasteiger partial charge in [0.05, 0.1) is 23.5 Å². The molecule has 3 N–H and O–H groups in total. The number of aromatic nitrogens is 1. The molecule has 162 valence electrons. The summed E-state index contributed by atoms with van der Waals surface area (Å²) in [5.41, 5.74) is 10.1. The standard InChI is InChI=1S/C20H17BrCl2N4O3S/c1-10-18(31-20(24)26-10)19(28)27-25-8-11-5-14(21)17(16(6-11)29-2)30-9-12-3-4-13(22)7-15(12)23/h3-8H,9H2,1-2H3,(H2,24,26)(H,27,28)/b25-8-. The highest BCUT2D eigenvalue weighted by atomic mass is 79.9. The van der Waals surface area contributed by atoms with E-state index in [0.29, 0.717) is 47.3 Å². The van der Waals surface area contributed by atoms with Gasteiger partial charge in [0.1, 0.15) is 11.5 Å². The number of methoxy groups -OCH3 is 1. The Bertz CT molecular complexity index is 1150. The number of halogens is 3. The molecule has 0 saturated heterocycles. The zero-order valence-corrected chi connectivity index (χ0v) is 20.3. The van der Waals surface area contributed by atoms with Gasteiger partial charge in [-0.3, -0.25) is 4.79 Å². The molecule has 1 aromatic heterocycles. The van der Waals surface area contributed by atoms with Crippen molar-refractivity contribution in [3.63, 3.8) is 0 Å². The predicted octanol–water partition coefficient (Wildman–Crippen LogP) is 5.45. The first-order chi connectivity index (χ1) is 14.8. The third-order valence-corrected chi connectivity index (χ3v) is 6.20. The second-order valence-electron chi connectivity index (χ2n) is 6.22. The van der Waals surface area contributed by atoms with Gasteiger partial charge in [0.25, 0.3) is 5.91 Å². The number of anilines is 1. The lowest BCUT2D eigenvalue weighted by molar-refractivity contribution is 0.0958. The normalized spacial score (nSPS) is 11.0. The van der Waals surface area contributed by atoms with Gasteiger partial charge in [0.2, 0.25) is 0 Å². The third kappa shape index (κ3) is 5.88. The van der Waals surface area contributed by atoms with Crippen LogP contribution in [0, 0.1) is 6.92 Å². The maximum atomic E-state index is 12.2. The van der Waals surface area contributed by atoms with E-state index in [1.165, 1.54) is 13.3 Å². The second-order valence-corrected chi connectivity index (χ2v) is 8.95. The molecule has 0 saturated carbocycles. The quantitative estimate of drug-likeness (QED) is 0.305. The van der Waals surface area contributed by atoms with Crippen LogP contribution in [0.15, 0.2) is 39.9 Å². The van der Waals surface area contributed by atoms with E-state index < -0.39 is 0 Å². The number of nitrogens with two attached hydrogens (primary N) is 1. The first-order valence-corrected chi connectivity index (χ1v) is 11.2. The minimum Gasteiger partial charge on any atom is -0.493 e. The van der Waals surface area contributed by atoms with Gasteiger partial charge >= 0.3 is 0 Å². The van der Waals surface area contributed by atoms with Crippen LogP contribution in [0.5, 0.6) is 11.5 Å². The number of rotatable bonds is 7. The summed E-state index contributed by atoms with van der Waals surface area (Å²) in [5, 5.41) is 5.39. The summed E-state index contributed by atoms with van der Waals surface area (Å²) < 4.78 is 12.0. The Hall–Kier alpha value is -2.33. The average molecular weight is 544 g/mol. The Morgan fingerprint density at radius 1 is 1.35 bits per heavy atom. The van der Waals surface area contributed by atoms with Gasteiger partial charge in [0.15, 0.2) is 16.6 Å².